The number of ketones is 1. The summed E-state index contributed by atoms with van der Waals surface area (Å²) in [5.74, 6) is -1.43. The second-order valence-corrected chi connectivity index (χ2v) is 6.04. The Kier molecular flexibility index (Phi) is 5.71. The van der Waals surface area contributed by atoms with Crippen molar-refractivity contribution in [3.8, 4) is 0 Å². The number of carbonyl (C=O) groups excluding carboxylic acids is 2. The molecule has 0 aliphatic carbocycles. The van der Waals surface area contributed by atoms with Gasteiger partial charge in [-0.1, -0.05) is 17.7 Å². The number of esters is 1. The minimum atomic E-state index is -4.74. The number of benzene rings is 1. The quantitative estimate of drug-likeness (QED) is 0.439. The summed E-state index contributed by atoms with van der Waals surface area (Å²) in [5.41, 5.74) is -0.0534. The number of rotatable bonds is 4. The van der Waals surface area contributed by atoms with Crippen molar-refractivity contribution in [3.05, 3.63) is 62.9 Å². The molecule has 0 aliphatic heterocycles. The normalized spacial score (nSPS) is 11.3. The van der Waals surface area contributed by atoms with E-state index in [0.717, 1.165) is 12.1 Å². The Bertz CT molecular complexity index is 879. The van der Waals surface area contributed by atoms with E-state index in [1.54, 1.807) is 26.0 Å². The van der Waals surface area contributed by atoms with Gasteiger partial charge < -0.3 is 4.74 Å². The molecular weight excluding hydrogens is 371 g/mol. The molecule has 138 valence electrons. The fraction of sp³-hybridized carbons (Fsp3) is 0.278. The Morgan fingerprint density at radius 3 is 2.38 bits per heavy atom. The van der Waals surface area contributed by atoms with Gasteiger partial charge in [0, 0.05) is 6.42 Å². The van der Waals surface area contributed by atoms with Gasteiger partial charge in [0.25, 0.3) is 0 Å². The van der Waals surface area contributed by atoms with Crippen molar-refractivity contribution >= 4 is 23.4 Å². The number of aromatic nitrogens is 1. The molecule has 26 heavy (non-hydrogen) atoms. The summed E-state index contributed by atoms with van der Waals surface area (Å²) >= 11 is 5.67. The van der Waals surface area contributed by atoms with Gasteiger partial charge in [0.1, 0.15) is 10.8 Å². The maximum Gasteiger partial charge on any atom is 0.418 e. The Balaban J connectivity index is 2.49. The number of methoxy groups -OCH3 is 1. The molecule has 0 amide bonds. The van der Waals surface area contributed by atoms with Gasteiger partial charge in [-0.15, -0.1) is 0 Å². The van der Waals surface area contributed by atoms with Gasteiger partial charge in [0.2, 0.25) is 0 Å². The minimum absolute atomic E-state index is 0.210. The number of hydrogen-bond donors (Lipinski definition) is 0. The monoisotopic (exact) mass is 385 g/mol. The molecule has 0 bridgehead atoms. The number of carbonyl (C=O) groups is 2. The Hall–Kier alpha value is -2.41. The van der Waals surface area contributed by atoms with Crippen LogP contribution < -0.4 is 0 Å². The Morgan fingerprint density at radius 2 is 1.81 bits per heavy atom. The molecule has 0 saturated heterocycles. The molecule has 4 nitrogen and oxygen atoms in total. The summed E-state index contributed by atoms with van der Waals surface area (Å²) in [6, 6.07) is 4.86. The number of nitrogens with zero attached hydrogens (tertiary/aromatic N) is 1. The molecule has 1 aromatic carbocycles. The van der Waals surface area contributed by atoms with Crippen LogP contribution in [-0.2, 0) is 17.3 Å². The van der Waals surface area contributed by atoms with Gasteiger partial charge in [0.15, 0.2) is 5.78 Å². The molecule has 1 heterocycles. The average molecular weight is 386 g/mol. The van der Waals surface area contributed by atoms with E-state index >= 15 is 0 Å². The molecule has 2 aromatic rings. The van der Waals surface area contributed by atoms with Gasteiger partial charge in [-0.05, 0) is 48.7 Å². The van der Waals surface area contributed by atoms with Crippen LogP contribution in [0.4, 0.5) is 13.2 Å². The fourth-order valence-corrected chi connectivity index (χ4v) is 2.76. The molecule has 1 aromatic heterocycles. The first kappa shape index (κ1) is 19.9. The largest absolute Gasteiger partial charge is 0.465 e. The third-order valence-electron chi connectivity index (χ3n) is 4.01. The van der Waals surface area contributed by atoms with Crippen LogP contribution in [0.3, 0.4) is 0 Å². The number of ether oxygens (including phenoxy) is 1. The van der Waals surface area contributed by atoms with E-state index in [9.17, 15) is 22.8 Å². The second-order valence-electron chi connectivity index (χ2n) is 5.65. The minimum Gasteiger partial charge on any atom is -0.465 e. The van der Waals surface area contributed by atoms with Gasteiger partial charge in [-0.3, -0.25) is 4.79 Å². The smallest absolute Gasteiger partial charge is 0.418 e. The molecule has 0 spiro atoms. The van der Waals surface area contributed by atoms with Gasteiger partial charge >= 0.3 is 12.1 Å². The van der Waals surface area contributed by atoms with Crippen molar-refractivity contribution in [3.63, 3.8) is 0 Å². The first-order valence-corrected chi connectivity index (χ1v) is 7.88. The van der Waals surface area contributed by atoms with Crippen LogP contribution in [0.1, 0.15) is 43.1 Å². The van der Waals surface area contributed by atoms with Crippen LogP contribution in [-0.4, -0.2) is 23.8 Å². The number of Topliss-reactive ketones (excluding diaryl/α,β-unsaturated/α-hetero) is 1. The van der Waals surface area contributed by atoms with Gasteiger partial charge in [-0.25, -0.2) is 9.78 Å². The van der Waals surface area contributed by atoms with Crippen LogP contribution in [0.2, 0.25) is 5.15 Å². The van der Waals surface area contributed by atoms with Crippen molar-refractivity contribution in [2.75, 3.05) is 7.11 Å². The highest BCUT2D eigenvalue weighted by molar-refractivity contribution is 6.29. The lowest BCUT2D eigenvalue weighted by Crippen LogP contribution is -2.18. The Labute approximate surface area is 152 Å². The summed E-state index contributed by atoms with van der Waals surface area (Å²) < 4.78 is 44.1. The van der Waals surface area contributed by atoms with Crippen LogP contribution in [0.25, 0.3) is 0 Å². The summed E-state index contributed by atoms with van der Waals surface area (Å²) in [5, 5.41) is -0.210. The van der Waals surface area contributed by atoms with Crippen molar-refractivity contribution in [2.24, 2.45) is 0 Å². The lowest BCUT2D eigenvalue weighted by molar-refractivity contribution is -0.138. The predicted molar refractivity (Wildman–Crippen MR) is 89.5 cm³/mol. The summed E-state index contributed by atoms with van der Waals surface area (Å²) in [4.78, 5) is 27.9. The van der Waals surface area contributed by atoms with Crippen molar-refractivity contribution < 1.29 is 27.5 Å². The topological polar surface area (TPSA) is 56.3 Å². The summed E-state index contributed by atoms with van der Waals surface area (Å²) in [7, 11) is 1.22. The number of hydrogen-bond acceptors (Lipinski definition) is 4. The molecule has 0 unspecified atom stereocenters. The molecular formula is C18H15ClF3NO3. The van der Waals surface area contributed by atoms with E-state index < -0.39 is 29.2 Å². The van der Waals surface area contributed by atoms with Crippen molar-refractivity contribution in [1.82, 2.24) is 4.98 Å². The molecule has 0 N–H and O–H groups in total. The van der Waals surface area contributed by atoms with E-state index in [4.69, 9.17) is 11.6 Å². The third-order valence-corrected chi connectivity index (χ3v) is 4.22. The summed E-state index contributed by atoms with van der Waals surface area (Å²) in [6.07, 6.45) is -5.08. The van der Waals surface area contributed by atoms with Crippen LogP contribution in [0.15, 0.2) is 24.3 Å². The highest BCUT2D eigenvalue weighted by atomic mass is 35.5. The van der Waals surface area contributed by atoms with Crippen LogP contribution >= 0.6 is 11.6 Å². The lowest BCUT2D eigenvalue weighted by Gasteiger charge is -2.15. The van der Waals surface area contributed by atoms with E-state index in [1.165, 1.54) is 7.11 Å². The second kappa shape index (κ2) is 7.45. The molecule has 0 fully saturated rings. The van der Waals surface area contributed by atoms with E-state index in [0.29, 0.717) is 16.7 Å². The first-order chi connectivity index (χ1) is 12.1. The number of alkyl halides is 3. The van der Waals surface area contributed by atoms with Gasteiger partial charge in [0.05, 0.1) is 18.2 Å². The SMILES string of the molecule is COC(=O)c1ccc(C)c(CC(=O)c2nc(Cl)ccc2C(F)(F)F)c1C. The van der Waals surface area contributed by atoms with Crippen molar-refractivity contribution in [2.45, 2.75) is 26.4 Å². The standard InChI is InChI=1S/C18H15ClF3NO3/c1-9-4-5-11(17(25)26-3)10(2)12(9)8-14(24)16-13(18(20,21)22)6-7-15(19)23-16/h4-7H,8H2,1-3H3. The molecule has 8 heteroatoms. The molecule has 0 aliphatic rings. The molecule has 0 atom stereocenters. The zero-order valence-electron chi connectivity index (χ0n) is 14.2. The van der Waals surface area contributed by atoms with Gasteiger partial charge in [-0.2, -0.15) is 13.2 Å². The number of halogens is 4. The average Bonchev–Trinajstić information content (AvgIpc) is 2.56. The lowest BCUT2D eigenvalue weighted by atomic mass is 9.92. The zero-order chi connectivity index (χ0) is 19.6. The predicted octanol–water partition coefficient (Wildman–Crippen LogP) is 4.58. The highest BCUT2D eigenvalue weighted by Gasteiger charge is 2.36. The van der Waals surface area contributed by atoms with E-state index in [1.807, 2.05) is 0 Å². The maximum atomic E-state index is 13.2. The van der Waals surface area contributed by atoms with E-state index in [2.05, 4.69) is 9.72 Å². The molecule has 0 saturated carbocycles. The van der Waals surface area contributed by atoms with Crippen LogP contribution in [0.5, 0.6) is 0 Å². The third kappa shape index (κ3) is 4.04. The number of pyridine rings is 1. The maximum absolute atomic E-state index is 13.2. The Morgan fingerprint density at radius 1 is 1.15 bits per heavy atom. The molecule has 2 rings (SSSR count). The van der Waals surface area contributed by atoms with Crippen LogP contribution in [0, 0.1) is 13.8 Å². The number of aryl methyl sites for hydroxylation is 1. The molecule has 0 radical (unpaired) electrons. The zero-order valence-corrected chi connectivity index (χ0v) is 15.0. The fourth-order valence-electron chi connectivity index (χ4n) is 2.62. The first-order valence-electron chi connectivity index (χ1n) is 7.50. The van der Waals surface area contributed by atoms with E-state index in [-0.39, 0.29) is 17.1 Å². The van der Waals surface area contributed by atoms with Crippen molar-refractivity contribution in [1.29, 1.82) is 0 Å². The summed E-state index contributed by atoms with van der Waals surface area (Å²) in [6.45, 7) is 3.31. The highest BCUT2D eigenvalue weighted by Crippen LogP contribution is 2.33.